The van der Waals surface area contributed by atoms with Crippen molar-refractivity contribution in [3.05, 3.63) is 0 Å². The molecule has 0 aromatic rings. The van der Waals surface area contributed by atoms with Gasteiger partial charge < -0.3 is 9.84 Å². The lowest BCUT2D eigenvalue weighted by atomic mass is 10.5. The van der Waals surface area contributed by atoms with Crippen LogP contribution >= 0.6 is 0 Å². The second kappa shape index (κ2) is 0.698. The van der Waals surface area contributed by atoms with Crippen molar-refractivity contribution in [2.75, 3.05) is 0 Å². The van der Waals surface area contributed by atoms with Crippen molar-refractivity contribution in [2.24, 2.45) is 0 Å². The van der Waals surface area contributed by atoms with Gasteiger partial charge in [-0.05, 0) is 6.92 Å². The van der Waals surface area contributed by atoms with Crippen molar-refractivity contribution in [3.8, 4) is 0 Å². The van der Waals surface area contributed by atoms with Crippen LogP contribution in [-0.2, 0) is 4.74 Å². The summed E-state index contributed by atoms with van der Waals surface area (Å²) in [5.74, 6) is 0. The molecule has 1 aliphatic rings. The van der Waals surface area contributed by atoms with E-state index in [0.717, 1.165) is 0 Å². The Labute approximate surface area is 30.4 Å². The van der Waals surface area contributed by atoms with Gasteiger partial charge in [0.15, 0.2) is 6.29 Å². The average Bonchev–Trinajstić information content (AvgIpc) is 1.79. The van der Waals surface area contributed by atoms with E-state index in [1.807, 2.05) is 6.92 Å². The van der Waals surface area contributed by atoms with Crippen LogP contribution in [-0.4, -0.2) is 17.5 Å². The van der Waals surface area contributed by atoms with Gasteiger partial charge in [-0.3, -0.25) is 0 Å². The Kier molecular flexibility index (Phi) is 0.436. The minimum absolute atomic E-state index is 0.106. The lowest BCUT2D eigenvalue weighted by Crippen LogP contribution is -1.80. The van der Waals surface area contributed by atoms with Crippen molar-refractivity contribution >= 4 is 0 Å². The van der Waals surface area contributed by atoms with Crippen LogP contribution in [0.1, 0.15) is 6.92 Å². The van der Waals surface area contributed by atoms with E-state index in [4.69, 9.17) is 5.11 Å². The van der Waals surface area contributed by atoms with Gasteiger partial charge >= 0.3 is 0 Å². The number of hydrogen-bond acceptors (Lipinski definition) is 2. The van der Waals surface area contributed by atoms with Crippen LogP contribution in [0.5, 0.6) is 0 Å². The molecular weight excluding hydrogens is 68.0 g/mol. The molecule has 1 fully saturated rings. The Hall–Kier alpha value is -0.0800. The highest BCUT2D eigenvalue weighted by Crippen LogP contribution is 2.15. The topological polar surface area (TPSA) is 32.8 Å². The quantitative estimate of drug-likeness (QED) is 0.401. The molecule has 0 bridgehead atoms. The van der Waals surface area contributed by atoms with E-state index >= 15 is 0 Å². The molecule has 0 radical (unpaired) electrons. The molecule has 0 aromatic carbocycles. The minimum Gasteiger partial charge on any atom is -0.366 e. The zero-order valence-electron chi connectivity index (χ0n) is 3.01. The Balaban J connectivity index is 2.20. The predicted molar refractivity (Wildman–Crippen MR) is 16.6 cm³/mol. The lowest BCUT2D eigenvalue weighted by molar-refractivity contribution is 0.156. The van der Waals surface area contributed by atoms with E-state index < -0.39 is 6.29 Å². The molecular formula is C3H6O2. The molecule has 0 aliphatic carbocycles. The third-order valence-electron chi connectivity index (χ3n) is 0.679. The minimum atomic E-state index is -0.449. The summed E-state index contributed by atoms with van der Waals surface area (Å²) >= 11 is 0. The van der Waals surface area contributed by atoms with Gasteiger partial charge in [-0.1, -0.05) is 0 Å². The summed E-state index contributed by atoms with van der Waals surface area (Å²) in [4.78, 5) is 0. The number of rotatable bonds is 0. The van der Waals surface area contributed by atoms with Gasteiger partial charge in [0.05, 0.1) is 0 Å². The van der Waals surface area contributed by atoms with Crippen LogP contribution in [0, 0.1) is 0 Å². The van der Waals surface area contributed by atoms with Crippen LogP contribution in [0.15, 0.2) is 0 Å². The maximum absolute atomic E-state index is 8.21. The first kappa shape index (κ1) is 3.12. The van der Waals surface area contributed by atoms with Crippen LogP contribution < -0.4 is 0 Å². The summed E-state index contributed by atoms with van der Waals surface area (Å²) in [6, 6.07) is 0. The Morgan fingerprint density at radius 1 is 1.80 bits per heavy atom. The van der Waals surface area contributed by atoms with Crippen LogP contribution in [0.25, 0.3) is 0 Å². The third-order valence-corrected chi connectivity index (χ3v) is 0.679. The van der Waals surface area contributed by atoms with Crippen LogP contribution in [0.4, 0.5) is 0 Å². The first-order valence-electron chi connectivity index (χ1n) is 1.64. The molecule has 0 spiro atoms. The summed E-state index contributed by atoms with van der Waals surface area (Å²) in [5.41, 5.74) is 0. The highest BCUT2D eigenvalue weighted by molar-refractivity contribution is 4.66. The fourth-order valence-corrected chi connectivity index (χ4v) is 0.175. The first-order chi connectivity index (χ1) is 2.30. The van der Waals surface area contributed by atoms with Crippen LogP contribution in [0.2, 0.25) is 0 Å². The summed E-state index contributed by atoms with van der Waals surface area (Å²) in [7, 11) is 0. The number of aliphatic hydroxyl groups excluding tert-OH is 1. The van der Waals surface area contributed by atoms with Crippen molar-refractivity contribution in [1.82, 2.24) is 0 Å². The third kappa shape index (κ3) is 0.412. The first-order valence-corrected chi connectivity index (χ1v) is 1.64. The maximum atomic E-state index is 8.21. The standard InChI is InChI=1S/C3H6O2/c1-2-3(4)5-2/h2-4H,1H3. The molecule has 2 heteroatoms. The molecule has 0 amide bonds. The Bertz CT molecular complexity index is 38.2. The van der Waals surface area contributed by atoms with E-state index in [2.05, 4.69) is 4.74 Å². The second-order valence-corrected chi connectivity index (χ2v) is 1.23. The molecule has 0 aromatic heterocycles. The smallest absolute Gasteiger partial charge is 0.181 e. The van der Waals surface area contributed by atoms with Crippen molar-refractivity contribution in [1.29, 1.82) is 0 Å². The highest BCUT2D eigenvalue weighted by Gasteiger charge is 2.30. The highest BCUT2D eigenvalue weighted by atomic mass is 16.7. The second-order valence-electron chi connectivity index (χ2n) is 1.23. The molecule has 2 nitrogen and oxygen atoms in total. The fraction of sp³-hybridized carbons (Fsp3) is 1.00. The SMILES string of the molecule is CC1OC1O. The van der Waals surface area contributed by atoms with Gasteiger partial charge in [0.2, 0.25) is 0 Å². The summed E-state index contributed by atoms with van der Waals surface area (Å²) in [6.07, 6.45) is -0.343. The Morgan fingerprint density at radius 3 is 2.00 bits per heavy atom. The number of epoxide rings is 1. The van der Waals surface area contributed by atoms with E-state index in [9.17, 15) is 0 Å². The molecule has 0 saturated carbocycles. The summed E-state index contributed by atoms with van der Waals surface area (Å²) in [6.45, 7) is 1.82. The molecule has 2 unspecified atom stereocenters. The lowest BCUT2D eigenvalue weighted by Gasteiger charge is -1.59. The monoisotopic (exact) mass is 74.0 g/mol. The zero-order chi connectivity index (χ0) is 3.86. The van der Waals surface area contributed by atoms with Gasteiger partial charge in [0, 0.05) is 0 Å². The van der Waals surface area contributed by atoms with Gasteiger partial charge in [0.25, 0.3) is 0 Å². The number of hydrogen-bond donors (Lipinski definition) is 1. The number of aliphatic hydroxyl groups is 1. The summed E-state index contributed by atoms with van der Waals surface area (Å²) < 4.78 is 4.47. The molecule has 30 valence electrons. The summed E-state index contributed by atoms with van der Waals surface area (Å²) in [5, 5.41) is 8.21. The van der Waals surface area contributed by atoms with Crippen LogP contribution in [0.3, 0.4) is 0 Å². The molecule has 2 atom stereocenters. The van der Waals surface area contributed by atoms with Crippen molar-refractivity contribution < 1.29 is 9.84 Å². The van der Waals surface area contributed by atoms with Gasteiger partial charge in [-0.2, -0.15) is 0 Å². The zero-order valence-corrected chi connectivity index (χ0v) is 3.01. The normalized spacial score (nSPS) is 49.2. The molecule has 1 saturated heterocycles. The predicted octanol–water partition coefficient (Wildman–Crippen LogP) is -0.277. The molecule has 1 rings (SSSR count). The molecule has 1 heterocycles. The van der Waals surface area contributed by atoms with E-state index in [1.165, 1.54) is 0 Å². The van der Waals surface area contributed by atoms with Gasteiger partial charge in [-0.15, -0.1) is 0 Å². The van der Waals surface area contributed by atoms with Crippen molar-refractivity contribution in [3.63, 3.8) is 0 Å². The average molecular weight is 74.1 g/mol. The molecule has 5 heavy (non-hydrogen) atoms. The van der Waals surface area contributed by atoms with Crippen molar-refractivity contribution in [2.45, 2.75) is 19.3 Å². The largest absolute Gasteiger partial charge is 0.366 e. The maximum Gasteiger partial charge on any atom is 0.181 e. The molecule has 1 N–H and O–H groups in total. The molecule has 1 aliphatic heterocycles. The van der Waals surface area contributed by atoms with Gasteiger partial charge in [0.1, 0.15) is 6.10 Å². The van der Waals surface area contributed by atoms with E-state index in [-0.39, 0.29) is 6.10 Å². The number of ether oxygens (including phenoxy) is 1. The van der Waals surface area contributed by atoms with E-state index in [0.29, 0.717) is 0 Å². The van der Waals surface area contributed by atoms with Gasteiger partial charge in [-0.25, -0.2) is 0 Å². The van der Waals surface area contributed by atoms with E-state index in [1.54, 1.807) is 0 Å². The fourth-order valence-electron chi connectivity index (χ4n) is 0.175. The Morgan fingerprint density at radius 2 is 2.00 bits per heavy atom.